The van der Waals surface area contributed by atoms with Gasteiger partial charge in [0.15, 0.2) is 5.78 Å². The van der Waals surface area contributed by atoms with Crippen LogP contribution in [-0.4, -0.2) is 18.9 Å². The lowest BCUT2D eigenvalue weighted by Crippen LogP contribution is -2.64. The Labute approximate surface area is 207 Å². The van der Waals surface area contributed by atoms with E-state index in [1.165, 1.54) is 0 Å². The standard InChI is InChI=1S/C31H46O3/c1-19-11-16-31(26(33)34-8)18-17-29(6)21(25(31)20(19)2)9-10-23-28(5)14-13-24(32)27(3,4)22(28)12-15-30(23,29)7/h9,13-14,19-20,22-23,25H,10-12,15-18H2,1-8H3/t19-,20+,22+,23-,25?,28+,29-,30-,31?/m1/s1. The SMILES string of the molecule is COC(=O)C12CC[C@@H](C)[C@H](C)C1C1=CC[C@@H]3[C@@]4(C)C=CC(=O)C(C)(C)[C@@H]4CC[C@@]3(C)[C@]1(C)CC2. The maximum absolute atomic E-state index is 13.4. The third-order valence-electron chi connectivity index (χ3n) is 12.9. The number of carbonyl (C=O) groups is 2. The zero-order valence-corrected chi connectivity index (χ0v) is 22.8. The number of esters is 1. The summed E-state index contributed by atoms with van der Waals surface area (Å²) in [5, 5.41) is 0. The van der Waals surface area contributed by atoms with Gasteiger partial charge in [0, 0.05) is 5.41 Å². The van der Waals surface area contributed by atoms with Crippen LogP contribution in [0.25, 0.3) is 0 Å². The highest BCUT2D eigenvalue weighted by atomic mass is 16.5. The monoisotopic (exact) mass is 466 g/mol. The summed E-state index contributed by atoms with van der Waals surface area (Å²) < 4.78 is 5.49. The molecule has 5 aliphatic carbocycles. The van der Waals surface area contributed by atoms with Crippen LogP contribution in [0.1, 0.15) is 93.4 Å². The molecule has 0 radical (unpaired) electrons. The topological polar surface area (TPSA) is 43.4 Å². The molecule has 0 aliphatic heterocycles. The van der Waals surface area contributed by atoms with Crippen LogP contribution in [0.15, 0.2) is 23.8 Å². The molecule has 0 aromatic carbocycles. The van der Waals surface area contributed by atoms with Crippen molar-refractivity contribution in [3.8, 4) is 0 Å². The third kappa shape index (κ3) is 2.71. The Morgan fingerprint density at radius 1 is 0.971 bits per heavy atom. The van der Waals surface area contributed by atoms with Crippen molar-refractivity contribution in [2.24, 2.45) is 56.7 Å². The van der Waals surface area contributed by atoms with Gasteiger partial charge in [0.1, 0.15) is 0 Å². The number of carbonyl (C=O) groups excluding carboxylic acids is 2. The Bertz CT molecular complexity index is 973. The molecule has 3 saturated carbocycles. The van der Waals surface area contributed by atoms with Crippen LogP contribution in [0.4, 0.5) is 0 Å². The van der Waals surface area contributed by atoms with Crippen LogP contribution < -0.4 is 0 Å². The molecule has 3 fully saturated rings. The lowest BCUT2D eigenvalue weighted by Gasteiger charge is -2.70. The minimum atomic E-state index is -0.352. The van der Waals surface area contributed by atoms with Crippen LogP contribution in [0.2, 0.25) is 0 Å². The van der Waals surface area contributed by atoms with Gasteiger partial charge in [0.25, 0.3) is 0 Å². The summed E-state index contributed by atoms with van der Waals surface area (Å²) in [4.78, 5) is 26.2. The summed E-state index contributed by atoms with van der Waals surface area (Å²) in [5.41, 5.74) is 1.19. The first-order valence-corrected chi connectivity index (χ1v) is 13.8. The summed E-state index contributed by atoms with van der Waals surface area (Å²) in [5.74, 6) is 2.61. The second-order valence-electron chi connectivity index (χ2n) is 14.1. The fourth-order valence-corrected chi connectivity index (χ4v) is 10.3. The number of allylic oxidation sites excluding steroid dienone is 4. The molecule has 34 heavy (non-hydrogen) atoms. The predicted octanol–water partition coefficient (Wildman–Crippen LogP) is 7.16. The van der Waals surface area contributed by atoms with E-state index in [0.717, 1.165) is 44.9 Å². The van der Waals surface area contributed by atoms with Gasteiger partial charge in [-0.05, 0) is 96.9 Å². The number of rotatable bonds is 1. The smallest absolute Gasteiger partial charge is 0.312 e. The van der Waals surface area contributed by atoms with Gasteiger partial charge in [-0.3, -0.25) is 9.59 Å². The van der Waals surface area contributed by atoms with E-state index in [9.17, 15) is 9.59 Å². The molecule has 3 heteroatoms. The summed E-state index contributed by atoms with van der Waals surface area (Å²) in [6, 6.07) is 0. The lowest BCUT2D eigenvalue weighted by molar-refractivity contribution is -0.179. The van der Waals surface area contributed by atoms with E-state index in [1.807, 2.05) is 6.08 Å². The fourth-order valence-electron chi connectivity index (χ4n) is 10.3. The van der Waals surface area contributed by atoms with Gasteiger partial charge in [0.2, 0.25) is 0 Å². The van der Waals surface area contributed by atoms with Gasteiger partial charge in [-0.2, -0.15) is 0 Å². The molecule has 5 rings (SSSR count). The molecule has 0 amide bonds. The number of fused-ring (bicyclic) bond motifs is 7. The van der Waals surface area contributed by atoms with Gasteiger partial charge in [-0.15, -0.1) is 0 Å². The van der Waals surface area contributed by atoms with E-state index in [4.69, 9.17) is 4.74 Å². The Morgan fingerprint density at radius 3 is 2.35 bits per heavy atom. The quantitative estimate of drug-likeness (QED) is 0.304. The van der Waals surface area contributed by atoms with Crippen molar-refractivity contribution in [1.82, 2.24) is 0 Å². The third-order valence-corrected chi connectivity index (χ3v) is 12.9. The molecule has 0 bridgehead atoms. The fraction of sp³-hybridized carbons (Fsp3) is 0.806. The highest BCUT2D eigenvalue weighted by Crippen LogP contribution is 2.75. The van der Waals surface area contributed by atoms with Crippen molar-refractivity contribution >= 4 is 11.8 Å². The largest absolute Gasteiger partial charge is 0.469 e. The van der Waals surface area contributed by atoms with Crippen molar-refractivity contribution < 1.29 is 14.3 Å². The van der Waals surface area contributed by atoms with E-state index in [2.05, 4.69) is 60.6 Å². The summed E-state index contributed by atoms with van der Waals surface area (Å²) in [6.45, 7) is 16.7. The number of hydrogen-bond donors (Lipinski definition) is 0. The van der Waals surface area contributed by atoms with Crippen molar-refractivity contribution in [3.63, 3.8) is 0 Å². The molecule has 9 atom stereocenters. The minimum Gasteiger partial charge on any atom is -0.469 e. The van der Waals surface area contributed by atoms with Gasteiger partial charge in [-0.25, -0.2) is 0 Å². The van der Waals surface area contributed by atoms with Crippen LogP contribution >= 0.6 is 0 Å². The van der Waals surface area contributed by atoms with Crippen LogP contribution in [0, 0.1) is 56.7 Å². The van der Waals surface area contributed by atoms with Gasteiger partial charge in [-0.1, -0.05) is 66.2 Å². The zero-order chi connectivity index (χ0) is 24.9. The molecule has 2 unspecified atom stereocenters. The molecule has 0 aromatic heterocycles. The minimum absolute atomic E-state index is 0.0256. The van der Waals surface area contributed by atoms with Crippen LogP contribution in [0.5, 0.6) is 0 Å². The lowest BCUT2D eigenvalue weighted by atomic mass is 9.34. The first kappa shape index (κ1) is 24.3. The summed E-state index contributed by atoms with van der Waals surface area (Å²) in [7, 11) is 1.58. The number of hydrogen-bond acceptors (Lipinski definition) is 3. The maximum Gasteiger partial charge on any atom is 0.312 e. The van der Waals surface area contributed by atoms with Crippen LogP contribution in [-0.2, 0) is 14.3 Å². The second kappa shape index (κ2) is 7.32. The molecule has 0 spiro atoms. The molecule has 3 nitrogen and oxygen atoms in total. The van der Waals surface area contributed by atoms with Crippen LogP contribution in [0.3, 0.4) is 0 Å². The zero-order valence-electron chi connectivity index (χ0n) is 22.8. The highest BCUT2D eigenvalue weighted by Gasteiger charge is 2.69. The first-order valence-electron chi connectivity index (χ1n) is 13.8. The van der Waals surface area contributed by atoms with Crippen molar-refractivity contribution in [3.05, 3.63) is 23.8 Å². The Hall–Kier alpha value is -1.38. The van der Waals surface area contributed by atoms with Gasteiger partial charge < -0.3 is 4.74 Å². The van der Waals surface area contributed by atoms with Gasteiger partial charge in [0.05, 0.1) is 12.5 Å². The van der Waals surface area contributed by atoms with E-state index < -0.39 is 0 Å². The predicted molar refractivity (Wildman–Crippen MR) is 136 cm³/mol. The Balaban J connectivity index is 1.64. The van der Waals surface area contributed by atoms with Crippen molar-refractivity contribution in [2.75, 3.05) is 7.11 Å². The normalized spacial score (nSPS) is 51.4. The Kier molecular flexibility index (Phi) is 5.24. The molecular weight excluding hydrogens is 420 g/mol. The van der Waals surface area contributed by atoms with E-state index in [0.29, 0.717) is 29.5 Å². The molecule has 0 N–H and O–H groups in total. The molecule has 5 aliphatic rings. The number of ether oxygens (including phenoxy) is 1. The first-order chi connectivity index (χ1) is 15.8. The molecule has 188 valence electrons. The molecular formula is C31H46O3. The van der Waals surface area contributed by atoms with Gasteiger partial charge >= 0.3 is 5.97 Å². The van der Waals surface area contributed by atoms with Crippen molar-refractivity contribution in [2.45, 2.75) is 93.4 Å². The van der Waals surface area contributed by atoms with E-state index >= 15 is 0 Å². The summed E-state index contributed by atoms with van der Waals surface area (Å²) >= 11 is 0. The average molecular weight is 467 g/mol. The number of methoxy groups -OCH3 is 1. The second-order valence-corrected chi connectivity index (χ2v) is 14.1. The average Bonchev–Trinajstić information content (AvgIpc) is 2.79. The van der Waals surface area contributed by atoms with Crippen molar-refractivity contribution in [1.29, 1.82) is 0 Å². The molecule has 0 aromatic rings. The summed E-state index contributed by atoms with van der Waals surface area (Å²) in [6.07, 6.45) is 14.2. The Morgan fingerprint density at radius 2 is 1.68 bits per heavy atom. The maximum atomic E-state index is 13.4. The number of ketones is 1. The highest BCUT2D eigenvalue weighted by molar-refractivity contribution is 5.95. The molecule has 0 heterocycles. The van der Waals surface area contributed by atoms with E-state index in [1.54, 1.807) is 12.7 Å². The molecule has 0 saturated heterocycles. The van der Waals surface area contributed by atoms with E-state index in [-0.39, 0.29) is 39.0 Å².